The van der Waals surface area contributed by atoms with Crippen molar-refractivity contribution >= 4 is 34.0 Å². The van der Waals surface area contributed by atoms with Gasteiger partial charge < -0.3 is 20.1 Å². The molecule has 2 aliphatic heterocycles. The summed E-state index contributed by atoms with van der Waals surface area (Å²) in [7, 11) is 2.20. The first-order chi connectivity index (χ1) is 16.9. The van der Waals surface area contributed by atoms with Crippen LogP contribution in [0.5, 0.6) is 0 Å². The second kappa shape index (κ2) is 10.1. The number of amides is 2. The SMILES string of the molecule is CC(C)NC(=O)N1CC=C(c2c[nH]c3ncc(-c4ccc(CN5CCN(C)CC5)s4)cc23)C(C)C1. The number of likely N-dealkylation sites (N-methyl/N-ethyl adjacent to an activating group) is 1. The predicted octanol–water partition coefficient (Wildman–Crippen LogP) is 4.49. The summed E-state index contributed by atoms with van der Waals surface area (Å²) in [5.41, 5.74) is 4.55. The molecule has 186 valence electrons. The number of hydrogen-bond acceptors (Lipinski definition) is 5. The summed E-state index contributed by atoms with van der Waals surface area (Å²) in [4.78, 5) is 30.1. The third kappa shape index (κ3) is 5.29. The lowest BCUT2D eigenvalue weighted by Crippen LogP contribution is -2.46. The smallest absolute Gasteiger partial charge is 0.317 e. The van der Waals surface area contributed by atoms with Crippen LogP contribution in [0.4, 0.5) is 4.79 Å². The Labute approximate surface area is 211 Å². The standard InChI is InChI=1S/C27H36N6OS/c1-18(2)30-27(34)33-8-7-22(19(3)16-33)24-15-29-26-23(24)13-20(14-28-26)25-6-5-21(35-25)17-32-11-9-31(4)10-12-32/h5-7,13-15,18-19H,8-12,16-17H2,1-4H3,(H,28,29)(H,30,34). The highest BCUT2D eigenvalue weighted by molar-refractivity contribution is 7.15. The van der Waals surface area contributed by atoms with Gasteiger partial charge in [-0.3, -0.25) is 4.90 Å². The van der Waals surface area contributed by atoms with E-state index in [4.69, 9.17) is 4.98 Å². The number of pyridine rings is 1. The number of fused-ring (bicyclic) bond motifs is 1. The Morgan fingerprint density at radius 3 is 2.80 bits per heavy atom. The Balaban J connectivity index is 1.35. The van der Waals surface area contributed by atoms with Crippen LogP contribution in [0.2, 0.25) is 0 Å². The molecule has 0 spiro atoms. The van der Waals surface area contributed by atoms with E-state index < -0.39 is 0 Å². The van der Waals surface area contributed by atoms with Gasteiger partial charge in [-0.25, -0.2) is 9.78 Å². The van der Waals surface area contributed by atoms with Crippen molar-refractivity contribution in [2.24, 2.45) is 5.92 Å². The highest BCUT2D eigenvalue weighted by Gasteiger charge is 2.25. The van der Waals surface area contributed by atoms with Crippen molar-refractivity contribution in [2.75, 3.05) is 46.3 Å². The molecule has 5 rings (SSSR count). The van der Waals surface area contributed by atoms with Crippen LogP contribution in [0.3, 0.4) is 0 Å². The van der Waals surface area contributed by atoms with E-state index >= 15 is 0 Å². The second-order valence-corrected chi connectivity index (χ2v) is 11.4. The van der Waals surface area contributed by atoms with E-state index in [9.17, 15) is 4.79 Å². The van der Waals surface area contributed by atoms with Crippen molar-refractivity contribution in [1.29, 1.82) is 0 Å². The molecule has 0 aromatic carbocycles. The van der Waals surface area contributed by atoms with E-state index in [1.165, 1.54) is 20.9 Å². The third-order valence-electron chi connectivity index (χ3n) is 7.02. The Hall–Kier alpha value is -2.68. The molecule has 8 heteroatoms. The fraction of sp³-hybridized carbons (Fsp3) is 0.481. The zero-order chi connectivity index (χ0) is 24.5. The number of rotatable bonds is 5. The van der Waals surface area contributed by atoms with E-state index in [1.54, 1.807) is 0 Å². The van der Waals surface area contributed by atoms with Crippen LogP contribution in [0.15, 0.2) is 36.7 Å². The molecule has 0 bridgehead atoms. The van der Waals surface area contributed by atoms with Crippen molar-refractivity contribution in [2.45, 2.75) is 33.4 Å². The van der Waals surface area contributed by atoms with Crippen LogP contribution >= 0.6 is 11.3 Å². The highest BCUT2D eigenvalue weighted by atomic mass is 32.1. The number of aromatic amines is 1. The number of piperazine rings is 1. The minimum absolute atomic E-state index is 0.00935. The van der Waals surface area contributed by atoms with Gasteiger partial charge in [0.1, 0.15) is 5.65 Å². The van der Waals surface area contributed by atoms with Crippen molar-refractivity contribution in [3.8, 4) is 10.4 Å². The van der Waals surface area contributed by atoms with E-state index in [1.807, 2.05) is 36.3 Å². The maximum atomic E-state index is 12.5. The summed E-state index contributed by atoms with van der Waals surface area (Å²) in [5.74, 6) is 0.251. The lowest BCUT2D eigenvalue weighted by molar-refractivity contribution is 0.149. The van der Waals surface area contributed by atoms with E-state index in [0.29, 0.717) is 13.1 Å². The molecule has 7 nitrogen and oxygen atoms in total. The van der Waals surface area contributed by atoms with Crippen molar-refractivity contribution < 1.29 is 4.79 Å². The molecule has 3 aromatic rings. The number of carbonyl (C=O) groups is 1. The number of nitrogens with one attached hydrogen (secondary N) is 2. The molecule has 1 fully saturated rings. The van der Waals surface area contributed by atoms with Crippen LogP contribution in [-0.2, 0) is 6.54 Å². The van der Waals surface area contributed by atoms with E-state index in [2.05, 4.69) is 64.5 Å². The lowest BCUT2D eigenvalue weighted by Gasteiger charge is -2.31. The summed E-state index contributed by atoms with van der Waals surface area (Å²) >= 11 is 1.87. The predicted molar refractivity (Wildman–Crippen MR) is 145 cm³/mol. The van der Waals surface area contributed by atoms with Crippen LogP contribution in [0.1, 0.15) is 31.2 Å². The number of hydrogen-bond donors (Lipinski definition) is 2. The summed E-state index contributed by atoms with van der Waals surface area (Å²) in [6.07, 6.45) is 6.24. The molecule has 0 aliphatic carbocycles. The molecule has 1 saturated heterocycles. The molecule has 2 N–H and O–H groups in total. The molecule has 1 unspecified atom stereocenters. The normalized spacial score (nSPS) is 20.0. The monoisotopic (exact) mass is 492 g/mol. The van der Waals surface area contributed by atoms with Crippen LogP contribution in [0.25, 0.3) is 27.0 Å². The van der Waals surface area contributed by atoms with Gasteiger partial charge in [-0.05, 0) is 50.6 Å². The molecule has 3 aromatic heterocycles. The van der Waals surface area contributed by atoms with Crippen LogP contribution < -0.4 is 5.32 Å². The topological polar surface area (TPSA) is 67.5 Å². The average Bonchev–Trinajstić information content (AvgIpc) is 3.47. The Morgan fingerprint density at radius 2 is 2.06 bits per heavy atom. The number of aromatic nitrogens is 2. The summed E-state index contributed by atoms with van der Waals surface area (Å²) < 4.78 is 0. The molecule has 1 atom stereocenters. The first-order valence-electron chi connectivity index (χ1n) is 12.6. The van der Waals surface area contributed by atoms with E-state index in [-0.39, 0.29) is 18.0 Å². The summed E-state index contributed by atoms with van der Waals surface area (Å²) in [6, 6.07) is 6.92. The van der Waals surface area contributed by atoms with Gasteiger partial charge in [0.25, 0.3) is 0 Å². The minimum atomic E-state index is 0.00935. The van der Waals surface area contributed by atoms with Gasteiger partial charge in [-0.15, -0.1) is 11.3 Å². The molecule has 2 amide bonds. The zero-order valence-electron chi connectivity index (χ0n) is 21.2. The summed E-state index contributed by atoms with van der Waals surface area (Å²) in [5, 5.41) is 4.15. The number of carbonyl (C=O) groups excluding carboxylic acids is 1. The first-order valence-corrected chi connectivity index (χ1v) is 13.4. The molecular formula is C27H36N6OS. The van der Waals surface area contributed by atoms with E-state index in [0.717, 1.165) is 49.3 Å². The Kier molecular flexibility index (Phi) is 6.95. The molecule has 0 radical (unpaired) electrons. The zero-order valence-corrected chi connectivity index (χ0v) is 22.0. The lowest BCUT2D eigenvalue weighted by atomic mass is 9.90. The van der Waals surface area contributed by atoms with Gasteiger partial charge >= 0.3 is 6.03 Å². The van der Waals surface area contributed by atoms with Crippen molar-refractivity contribution in [3.05, 3.63) is 47.1 Å². The van der Waals surface area contributed by atoms with Gasteiger partial charge in [-0.1, -0.05) is 13.0 Å². The highest BCUT2D eigenvalue weighted by Crippen LogP contribution is 2.35. The first kappa shape index (κ1) is 24.0. The van der Waals surface area contributed by atoms with Gasteiger partial charge in [0.15, 0.2) is 0 Å². The quantitative estimate of drug-likeness (QED) is 0.551. The second-order valence-electron chi connectivity index (χ2n) is 10.2. The number of nitrogens with zero attached hydrogens (tertiary/aromatic N) is 4. The third-order valence-corrected chi connectivity index (χ3v) is 8.14. The fourth-order valence-corrected chi connectivity index (χ4v) is 6.05. The molecule has 35 heavy (non-hydrogen) atoms. The summed E-state index contributed by atoms with van der Waals surface area (Å²) in [6.45, 7) is 13.1. The maximum absolute atomic E-state index is 12.5. The Morgan fingerprint density at radius 1 is 1.26 bits per heavy atom. The largest absolute Gasteiger partial charge is 0.346 e. The van der Waals surface area contributed by atoms with Crippen molar-refractivity contribution in [1.82, 2.24) is 30.0 Å². The minimum Gasteiger partial charge on any atom is -0.346 e. The maximum Gasteiger partial charge on any atom is 0.317 e. The number of urea groups is 1. The molecule has 0 saturated carbocycles. The van der Waals surface area contributed by atoms with Crippen LogP contribution in [0, 0.1) is 5.92 Å². The van der Waals surface area contributed by atoms with Gasteiger partial charge in [-0.2, -0.15) is 0 Å². The molecule has 5 heterocycles. The fourth-order valence-electron chi connectivity index (χ4n) is 5.01. The van der Waals surface area contributed by atoms with Gasteiger partial charge in [0.05, 0.1) is 0 Å². The van der Waals surface area contributed by atoms with Crippen LogP contribution in [-0.4, -0.2) is 83.1 Å². The molecular weight excluding hydrogens is 456 g/mol. The van der Waals surface area contributed by atoms with Crippen molar-refractivity contribution in [3.63, 3.8) is 0 Å². The number of H-pyrrole nitrogens is 1. The Bertz CT molecular complexity index is 1220. The number of thiophene rings is 1. The molecule has 2 aliphatic rings. The average molecular weight is 493 g/mol. The van der Waals surface area contributed by atoms with Gasteiger partial charge in [0, 0.05) is 90.5 Å². The van der Waals surface area contributed by atoms with Gasteiger partial charge in [0.2, 0.25) is 0 Å².